The maximum atomic E-state index is 12.8. The van der Waals surface area contributed by atoms with Crippen LogP contribution in [-0.2, 0) is 31.0 Å². The number of halogens is 1. The minimum Gasteiger partial charge on any atom is -0.479 e. The Balaban J connectivity index is 1.26. The van der Waals surface area contributed by atoms with Gasteiger partial charge in [-0.05, 0) is 91.5 Å². The van der Waals surface area contributed by atoms with Gasteiger partial charge in [-0.2, -0.15) is 0 Å². The largest absolute Gasteiger partial charge is 0.479 e. The average molecular weight is 677 g/mol. The molecule has 2 heterocycles. The maximum absolute atomic E-state index is 12.8. The van der Waals surface area contributed by atoms with Crippen LogP contribution in [0.2, 0.25) is 23.2 Å². The summed E-state index contributed by atoms with van der Waals surface area (Å²) in [6, 6.07) is 13.4. The van der Waals surface area contributed by atoms with Gasteiger partial charge in [-0.25, -0.2) is 4.79 Å². The predicted molar refractivity (Wildman–Crippen MR) is 183 cm³/mol. The number of nitrogens with one attached hydrogen (secondary N) is 1. The molecule has 0 atom stereocenters. The van der Waals surface area contributed by atoms with Crippen LogP contribution in [0.5, 0.6) is 0 Å². The van der Waals surface area contributed by atoms with E-state index >= 15 is 0 Å². The van der Waals surface area contributed by atoms with Crippen LogP contribution >= 0.6 is 34.3 Å². The van der Waals surface area contributed by atoms with E-state index in [-0.39, 0.29) is 17.0 Å². The van der Waals surface area contributed by atoms with E-state index in [0.717, 1.165) is 31.2 Å². The van der Waals surface area contributed by atoms with Crippen LogP contribution in [-0.4, -0.2) is 55.9 Å². The van der Waals surface area contributed by atoms with Crippen molar-refractivity contribution < 1.29 is 23.9 Å². The molecule has 0 saturated heterocycles. The molecule has 4 rings (SSSR count). The number of rotatable bonds is 13. The molecule has 7 nitrogen and oxygen atoms in total. The molecule has 0 radical (unpaired) electrons. The Hall–Kier alpha value is -2.05. The van der Waals surface area contributed by atoms with Gasteiger partial charge in [-0.1, -0.05) is 50.6 Å². The molecule has 1 fully saturated rings. The van der Waals surface area contributed by atoms with Crippen LogP contribution in [0.4, 0.5) is 5.69 Å². The molecule has 2 aromatic heterocycles. The number of carbonyl (C=O) groups is 2. The van der Waals surface area contributed by atoms with Crippen molar-refractivity contribution in [1.29, 1.82) is 0 Å². The summed E-state index contributed by atoms with van der Waals surface area (Å²) in [6.45, 7) is 12.2. The number of amides is 1. The highest BCUT2D eigenvalue weighted by Crippen LogP contribution is 2.42. The third-order valence-electron chi connectivity index (χ3n) is 9.05. The molecule has 44 heavy (non-hydrogen) atoms. The zero-order chi connectivity index (χ0) is 32.1. The lowest BCUT2D eigenvalue weighted by Gasteiger charge is -2.38. The average Bonchev–Trinajstić information content (AvgIpc) is 3.70. The van der Waals surface area contributed by atoms with Gasteiger partial charge in [0, 0.05) is 19.0 Å². The van der Waals surface area contributed by atoms with Crippen LogP contribution in [0.15, 0.2) is 53.2 Å². The number of thiophene rings is 2. The lowest BCUT2D eigenvalue weighted by Crippen LogP contribution is -2.44. The number of carboxylic acid groups (broad SMARTS) is 1. The first-order chi connectivity index (χ1) is 20.7. The summed E-state index contributed by atoms with van der Waals surface area (Å²) in [6.07, 6.45) is 3.44. The molecule has 1 aliphatic carbocycles. The fourth-order valence-electron chi connectivity index (χ4n) is 5.21. The van der Waals surface area contributed by atoms with Crippen molar-refractivity contribution in [2.75, 3.05) is 18.9 Å². The summed E-state index contributed by atoms with van der Waals surface area (Å²) >= 11 is 9.34. The van der Waals surface area contributed by atoms with Crippen molar-refractivity contribution in [2.24, 2.45) is 0 Å². The zero-order valence-electron chi connectivity index (χ0n) is 26.5. The summed E-state index contributed by atoms with van der Waals surface area (Å²) in [5.74, 6) is -1.07. The number of anilines is 1. The monoisotopic (exact) mass is 676 g/mol. The quantitative estimate of drug-likeness (QED) is 0.176. The highest BCUT2D eigenvalue weighted by atomic mass is 35.5. The molecule has 1 aromatic carbocycles. The minimum absolute atomic E-state index is 0.0841. The molecule has 3 aromatic rings. The molecule has 240 valence electrons. The van der Waals surface area contributed by atoms with Crippen LogP contribution in [0.25, 0.3) is 0 Å². The number of carbonyl (C=O) groups excluding carboxylic acids is 1. The van der Waals surface area contributed by atoms with Gasteiger partial charge >= 0.3 is 5.97 Å². The number of nitrogens with zero attached hydrogens (tertiary/aromatic N) is 1. The van der Waals surface area contributed by atoms with Gasteiger partial charge in [0.2, 0.25) is 11.5 Å². The van der Waals surface area contributed by atoms with Crippen molar-refractivity contribution in [3.63, 3.8) is 0 Å². The molecule has 1 aliphatic rings. The summed E-state index contributed by atoms with van der Waals surface area (Å²) in [5.41, 5.74) is 0.108. The van der Waals surface area contributed by atoms with E-state index in [2.05, 4.69) is 44.1 Å². The molecule has 1 saturated carbocycles. The fourth-order valence-corrected chi connectivity index (χ4v) is 8.23. The van der Waals surface area contributed by atoms with Gasteiger partial charge in [0.25, 0.3) is 0 Å². The van der Waals surface area contributed by atoms with Crippen molar-refractivity contribution in [2.45, 2.75) is 95.4 Å². The Morgan fingerprint density at radius 3 is 2.16 bits per heavy atom. The second-order valence-corrected chi connectivity index (χ2v) is 20.2. The van der Waals surface area contributed by atoms with Crippen molar-refractivity contribution in [1.82, 2.24) is 4.90 Å². The molecule has 11 heteroatoms. The van der Waals surface area contributed by atoms with E-state index in [1.165, 1.54) is 22.7 Å². The van der Waals surface area contributed by atoms with Crippen molar-refractivity contribution in [3.05, 3.63) is 73.6 Å². The van der Waals surface area contributed by atoms with Crippen LogP contribution in [0.3, 0.4) is 0 Å². The SMILES string of the molecule is CN(CCC(=O)Nc1ccc(CO[Si](C)(C)C(C)(C)C)cc1Cl)[C@H]1CC[C@H](OC(C(=O)O)(c2cccs2)c2cccs2)CC1. The van der Waals surface area contributed by atoms with Crippen LogP contribution in [0.1, 0.15) is 68.2 Å². The van der Waals surface area contributed by atoms with Crippen LogP contribution < -0.4 is 5.32 Å². The third-order valence-corrected chi connectivity index (χ3v) is 15.8. The first kappa shape index (κ1) is 34.8. The van der Waals surface area contributed by atoms with Crippen molar-refractivity contribution in [3.8, 4) is 0 Å². The zero-order valence-corrected chi connectivity index (χ0v) is 29.9. The smallest absolute Gasteiger partial charge is 0.347 e. The maximum Gasteiger partial charge on any atom is 0.347 e. The third kappa shape index (κ3) is 8.20. The Bertz CT molecular complexity index is 1350. The number of carboxylic acids is 1. The standard InChI is InChI=1S/C33H45ClN2O5S2Si/c1-32(2,3)44(5,6)40-22-23-11-16-27(26(34)21-23)35-30(37)17-18-36(4)24-12-14-25(15-13-24)41-33(31(38)39,28-9-7-19-42-28)29-10-8-20-43-29/h7-11,16,19-21,24-25H,12-15,17-18,22H2,1-6H3,(H,35,37)(H,38,39)/t24-,25-. The van der Waals surface area contributed by atoms with Crippen LogP contribution in [0, 0.1) is 0 Å². The molecular weight excluding hydrogens is 632 g/mol. The summed E-state index contributed by atoms with van der Waals surface area (Å²) < 4.78 is 12.8. The normalized spacial score (nSPS) is 18.0. The lowest BCUT2D eigenvalue weighted by molar-refractivity contribution is -0.170. The molecule has 2 N–H and O–H groups in total. The number of hydrogen-bond acceptors (Lipinski definition) is 7. The molecule has 0 spiro atoms. The lowest BCUT2D eigenvalue weighted by atomic mass is 9.90. The summed E-state index contributed by atoms with van der Waals surface area (Å²) in [4.78, 5) is 29.1. The first-order valence-electron chi connectivity index (χ1n) is 15.1. The predicted octanol–water partition coefficient (Wildman–Crippen LogP) is 8.60. The summed E-state index contributed by atoms with van der Waals surface area (Å²) in [7, 11) is 0.173. The Kier molecular flexibility index (Phi) is 11.5. The Morgan fingerprint density at radius 1 is 1.05 bits per heavy atom. The molecule has 1 amide bonds. The van der Waals surface area contributed by atoms with Gasteiger partial charge in [0.05, 0.1) is 33.2 Å². The highest BCUT2D eigenvalue weighted by Gasteiger charge is 2.48. The second kappa shape index (κ2) is 14.6. The number of aliphatic carboxylic acids is 1. The van der Waals surface area contributed by atoms with Gasteiger partial charge in [-0.15, -0.1) is 22.7 Å². The minimum atomic E-state index is -1.87. The van der Waals surface area contributed by atoms with E-state index in [0.29, 0.717) is 46.1 Å². The Labute approximate surface area is 275 Å². The van der Waals surface area contributed by atoms with Gasteiger partial charge in [0.1, 0.15) is 0 Å². The van der Waals surface area contributed by atoms with Crippen molar-refractivity contribution >= 4 is 60.2 Å². The fraction of sp³-hybridized carbons (Fsp3) is 0.515. The van der Waals surface area contributed by atoms with E-state index in [4.69, 9.17) is 20.8 Å². The molecule has 0 aliphatic heterocycles. The van der Waals surface area contributed by atoms with Gasteiger partial charge in [0.15, 0.2) is 8.32 Å². The number of benzene rings is 1. The van der Waals surface area contributed by atoms with Gasteiger partial charge in [-0.3, -0.25) is 4.79 Å². The number of hydrogen-bond donors (Lipinski definition) is 2. The number of ether oxygens (including phenoxy) is 1. The summed E-state index contributed by atoms with van der Waals surface area (Å²) in [5, 5.41) is 17.8. The van der Waals surface area contributed by atoms with E-state index in [1.807, 2.05) is 60.3 Å². The Morgan fingerprint density at radius 2 is 1.66 bits per heavy atom. The molecule has 0 unspecified atom stereocenters. The van der Waals surface area contributed by atoms with E-state index in [1.54, 1.807) is 0 Å². The second-order valence-electron chi connectivity index (χ2n) is 13.1. The van der Waals surface area contributed by atoms with Gasteiger partial charge < -0.3 is 24.5 Å². The van der Waals surface area contributed by atoms with E-state index < -0.39 is 19.9 Å². The van der Waals surface area contributed by atoms with E-state index in [9.17, 15) is 14.7 Å². The topological polar surface area (TPSA) is 88.1 Å². The highest BCUT2D eigenvalue weighted by molar-refractivity contribution is 7.12. The first-order valence-corrected chi connectivity index (χ1v) is 20.2. The molecular formula is C33H45ClN2O5S2Si. The molecule has 0 bridgehead atoms.